The van der Waals surface area contributed by atoms with E-state index in [0.717, 1.165) is 22.4 Å². The van der Waals surface area contributed by atoms with Crippen molar-refractivity contribution in [1.29, 1.82) is 0 Å². The second-order valence-electron chi connectivity index (χ2n) is 5.39. The first-order chi connectivity index (χ1) is 10.5. The van der Waals surface area contributed by atoms with Crippen LogP contribution in [0.2, 0.25) is 0 Å². The lowest BCUT2D eigenvalue weighted by molar-refractivity contribution is -0.131. The molecule has 0 aliphatic rings. The van der Waals surface area contributed by atoms with E-state index in [4.69, 9.17) is 10.5 Å². The third-order valence-corrected chi connectivity index (χ3v) is 3.68. The summed E-state index contributed by atoms with van der Waals surface area (Å²) in [6, 6.07) is 14.7. The SMILES string of the molecule is COc1ccc(CN(C)C(=O)C(N)c2ccccc2)cc1C. The van der Waals surface area contributed by atoms with Crippen LogP contribution in [-0.2, 0) is 11.3 Å². The Morgan fingerprint density at radius 3 is 2.50 bits per heavy atom. The maximum absolute atomic E-state index is 12.4. The van der Waals surface area contributed by atoms with E-state index in [-0.39, 0.29) is 5.91 Å². The van der Waals surface area contributed by atoms with Gasteiger partial charge in [0, 0.05) is 13.6 Å². The smallest absolute Gasteiger partial charge is 0.244 e. The number of aryl methyl sites for hydroxylation is 1. The van der Waals surface area contributed by atoms with Crippen molar-refractivity contribution in [2.24, 2.45) is 5.73 Å². The monoisotopic (exact) mass is 298 g/mol. The summed E-state index contributed by atoms with van der Waals surface area (Å²) in [5, 5.41) is 0. The number of hydrogen-bond donors (Lipinski definition) is 1. The minimum absolute atomic E-state index is 0.0975. The minimum atomic E-state index is -0.634. The molecule has 2 aromatic carbocycles. The number of nitrogens with two attached hydrogens (primary N) is 1. The second-order valence-corrected chi connectivity index (χ2v) is 5.39. The Hall–Kier alpha value is -2.33. The van der Waals surface area contributed by atoms with Gasteiger partial charge in [0.2, 0.25) is 5.91 Å². The van der Waals surface area contributed by atoms with Gasteiger partial charge in [-0.15, -0.1) is 0 Å². The third kappa shape index (κ3) is 3.65. The first kappa shape index (κ1) is 16.0. The summed E-state index contributed by atoms with van der Waals surface area (Å²) >= 11 is 0. The molecule has 2 rings (SSSR count). The van der Waals surface area contributed by atoms with Gasteiger partial charge in [0.05, 0.1) is 7.11 Å². The summed E-state index contributed by atoms with van der Waals surface area (Å²) in [6.07, 6.45) is 0. The fraction of sp³-hybridized carbons (Fsp3) is 0.278. The number of carbonyl (C=O) groups excluding carboxylic acids is 1. The summed E-state index contributed by atoms with van der Waals surface area (Å²) in [7, 11) is 3.42. The van der Waals surface area contributed by atoms with Crippen LogP contribution in [0.4, 0.5) is 0 Å². The van der Waals surface area contributed by atoms with E-state index in [1.54, 1.807) is 19.1 Å². The number of carbonyl (C=O) groups is 1. The van der Waals surface area contributed by atoms with Crippen molar-refractivity contribution in [1.82, 2.24) is 4.90 Å². The molecule has 22 heavy (non-hydrogen) atoms. The van der Waals surface area contributed by atoms with E-state index >= 15 is 0 Å². The lowest BCUT2D eigenvalue weighted by Gasteiger charge is -2.22. The molecule has 1 atom stereocenters. The zero-order valence-corrected chi connectivity index (χ0v) is 13.2. The maximum Gasteiger partial charge on any atom is 0.244 e. The molecule has 0 heterocycles. The summed E-state index contributed by atoms with van der Waals surface area (Å²) in [5.74, 6) is 0.749. The van der Waals surface area contributed by atoms with Gasteiger partial charge in [0.15, 0.2) is 0 Å². The Labute approximate surface area is 131 Å². The highest BCUT2D eigenvalue weighted by Crippen LogP contribution is 2.20. The van der Waals surface area contributed by atoms with Crippen LogP contribution in [0.25, 0.3) is 0 Å². The van der Waals surface area contributed by atoms with Crippen molar-refractivity contribution >= 4 is 5.91 Å². The number of benzene rings is 2. The van der Waals surface area contributed by atoms with Crippen LogP contribution in [0.15, 0.2) is 48.5 Å². The zero-order valence-electron chi connectivity index (χ0n) is 13.2. The van der Waals surface area contributed by atoms with Crippen molar-refractivity contribution < 1.29 is 9.53 Å². The first-order valence-electron chi connectivity index (χ1n) is 7.22. The molecule has 0 radical (unpaired) electrons. The van der Waals surface area contributed by atoms with Gasteiger partial charge in [0.1, 0.15) is 11.8 Å². The Morgan fingerprint density at radius 1 is 1.23 bits per heavy atom. The zero-order chi connectivity index (χ0) is 16.1. The summed E-state index contributed by atoms with van der Waals surface area (Å²) in [5.41, 5.74) is 8.98. The average molecular weight is 298 g/mol. The molecule has 0 saturated carbocycles. The highest BCUT2D eigenvalue weighted by atomic mass is 16.5. The largest absolute Gasteiger partial charge is 0.496 e. The van der Waals surface area contributed by atoms with Crippen molar-refractivity contribution in [2.75, 3.05) is 14.2 Å². The Balaban J connectivity index is 2.07. The van der Waals surface area contributed by atoms with Crippen molar-refractivity contribution in [2.45, 2.75) is 19.5 Å². The average Bonchev–Trinajstić information content (AvgIpc) is 2.54. The topological polar surface area (TPSA) is 55.6 Å². The van der Waals surface area contributed by atoms with Gasteiger partial charge in [-0.1, -0.05) is 42.5 Å². The lowest BCUT2D eigenvalue weighted by atomic mass is 10.1. The molecule has 0 aromatic heterocycles. The van der Waals surface area contributed by atoms with E-state index in [1.807, 2.05) is 55.5 Å². The van der Waals surface area contributed by atoms with Crippen LogP contribution in [0, 0.1) is 6.92 Å². The molecule has 1 amide bonds. The molecule has 0 fully saturated rings. The number of likely N-dealkylation sites (N-methyl/N-ethyl adjacent to an activating group) is 1. The number of rotatable bonds is 5. The Bertz CT molecular complexity index is 641. The number of hydrogen-bond acceptors (Lipinski definition) is 3. The summed E-state index contributed by atoms with van der Waals surface area (Å²) in [4.78, 5) is 14.1. The molecular weight excluding hydrogens is 276 g/mol. The van der Waals surface area contributed by atoms with E-state index in [2.05, 4.69) is 0 Å². The number of nitrogens with zero attached hydrogens (tertiary/aromatic N) is 1. The summed E-state index contributed by atoms with van der Waals surface area (Å²) in [6.45, 7) is 2.50. The molecule has 2 N–H and O–H groups in total. The van der Waals surface area contributed by atoms with E-state index in [1.165, 1.54) is 0 Å². The molecule has 0 spiro atoms. The highest BCUT2D eigenvalue weighted by Gasteiger charge is 2.19. The van der Waals surface area contributed by atoms with Gasteiger partial charge in [-0.25, -0.2) is 0 Å². The van der Waals surface area contributed by atoms with Crippen LogP contribution in [0.3, 0.4) is 0 Å². The van der Waals surface area contributed by atoms with Gasteiger partial charge in [0.25, 0.3) is 0 Å². The van der Waals surface area contributed by atoms with Gasteiger partial charge >= 0.3 is 0 Å². The molecule has 0 saturated heterocycles. The van der Waals surface area contributed by atoms with Gasteiger partial charge in [-0.3, -0.25) is 4.79 Å². The van der Waals surface area contributed by atoms with E-state index < -0.39 is 6.04 Å². The molecular formula is C18H22N2O2. The quantitative estimate of drug-likeness (QED) is 0.923. The number of ether oxygens (including phenoxy) is 1. The van der Waals surface area contributed by atoms with Gasteiger partial charge in [-0.2, -0.15) is 0 Å². The summed E-state index contributed by atoms with van der Waals surface area (Å²) < 4.78 is 5.25. The van der Waals surface area contributed by atoms with E-state index in [0.29, 0.717) is 6.54 Å². The van der Waals surface area contributed by atoms with Crippen molar-refractivity contribution in [3.63, 3.8) is 0 Å². The molecule has 0 aliphatic carbocycles. The first-order valence-corrected chi connectivity index (χ1v) is 7.22. The predicted molar refractivity (Wildman–Crippen MR) is 87.6 cm³/mol. The van der Waals surface area contributed by atoms with Crippen molar-refractivity contribution in [3.05, 3.63) is 65.2 Å². The molecule has 4 nitrogen and oxygen atoms in total. The maximum atomic E-state index is 12.4. The molecule has 4 heteroatoms. The van der Waals surface area contributed by atoms with E-state index in [9.17, 15) is 4.79 Å². The van der Waals surface area contributed by atoms with Gasteiger partial charge < -0.3 is 15.4 Å². The number of methoxy groups -OCH3 is 1. The Morgan fingerprint density at radius 2 is 1.91 bits per heavy atom. The van der Waals surface area contributed by atoms with Crippen LogP contribution in [-0.4, -0.2) is 25.0 Å². The lowest BCUT2D eigenvalue weighted by Crippen LogP contribution is -2.35. The normalized spacial score (nSPS) is 11.8. The number of amides is 1. The predicted octanol–water partition coefficient (Wildman–Crippen LogP) is 2.66. The fourth-order valence-electron chi connectivity index (χ4n) is 2.43. The molecule has 2 aromatic rings. The minimum Gasteiger partial charge on any atom is -0.496 e. The second kappa shape index (κ2) is 7.09. The molecule has 0 aliphatic heterocycles. The van der Waals surface area contributed by atoms with Crippen LogP contribution in [0.5, 0.6) is 5.75 Å². The van der Waals surface area contributed by atoms with Crippen LogP contribution < -0.4 is 10.5 Å². The Kier molecular flexibility index (Phi) is 5.17. The molecule has 116 valence electrons. The van der Waals surface area contributed by atoms with Crippen LogP contribution >= 0.6 is 0 Å². The van der Waals surface area contributed by atoms with Crippen molar-refractivity contribution in [3.8, 4) is 5.75 Å². The fourth-order valence-corrected chi connectivity index (χ4v) is 2.43. The van der Waals surface area contributed by atoms with Crippen LogP contribution in [0.1, 0.15) is 22.7 Å². The standard InChI is InChI=1S/C18H22N2O2/c1-13-11-14(9-10-16(13)22-3)12-20(2)18(21)17(19)15-7-5-4-6-8-15/h4-11,17H,12,19H2,1-3H3. The van der Waals surface area contributed by atoms with Gasteiger partial charge in [-0.05, 0) is 29.7 Å². The third-order valence-electron chi connectivity index (χ3n) is 3.68. The molecule has 0 bridgehead atoms. The highest BCUT2D eigenvalue weighted by molar-refractivity contribution is 5.82. The molecule has 1 unspecified atom stereocenters.